The van der Waals surface area contributed by atoms with E-state index in [0.29, 0.717) is 45.9 Å². The first-order chi connectivity index (χ1) is 16.0. The lowest BCUT2D eigenvalue weighted by molar-refractivity contribution is -0.891. The molecule has 0 radical (unpaired) electrons. The van der Waals surface area contributed by atoms with Crippen molar-refractivity contribution < 1.29 is 33.4 Å². The molecular weight excluding hydrogens is 469 g/mol. The molecule has 176 valence electrons. The second-order valence-electron chi connectivity index (χ2n) is 6.48. The number of anilines is 1. The molecule has 0 aliphatic heterocycles. The van der Waals surface area contributed by atoms with E-state index in [0.717, 1.165) is 12.0 Å². The first-order valence-electron chi connectivity index (χ1n) is 9.87. The lowest BCUT2D eigenvalue weighted by atomic mass is 10.2. The van der Waals surface area contributed by atoms with Crippen LogP contribution < -0.4 is 24.5 Å². The van der Waals surface area contributed by atoms with Gasteiger partial charge in [-0.25, -0.2) is 0 Å². The van der Waals surface area contributed by atoms with Gasteiger partial charge in [0.05, 0.1) is 12.8 Å². The Morgan fingerprint density at radius 2 is 1.79 bits per heavy atom. The van der Waals surface area contributed by atoms with Crippen LogP contribution in [0.25, 0.3) is 0 Å². The van der Waals surface area contributed by atoms with Crippen molar-refractivity contribution in [3.8, 4) is 0 Å². The third-order valence-corrected chi connectivity index (χ3v) is 5.06. The van der Waals surface area contributed by atoms with Crippen molar-refractivity contribution in [3.05, 3.63) is 87.8 Å². The minimum atomic E-state index is 0.331. The van der Waals surface area contributed by atoms with E-state index in [1.165, 1.54) is 11.8 Å². The number of nitrogens with one attached hydrogen (secondary N) is 1. The lowest BCUT2D eigenvalue weighted by Crippen LogP contribution is -2.44. The number of aldehydes is 1. The van der Waals surface area contributed by atoms with E-state index in [2.05, 4.69) is 5.32 Å². The SMILES string of the molecule is CNc1c(Cl)c[n+](OC)cc1Cl.COC1=CC=C(C=O)CC=C1OCc1cccc[n+]1OC. The van der Waals surface area contributed by atoms with Crippen molar-refractivity contribution in [2.75, 3.05) is 33.7 Å². The van der Waals surface area contributed by atoms with E-state index in [4.69, 9.17) is 42.4 Å². The summed E-state index contributed by atoms with van der Waals surface area (Å²) in [7, 11) is 6.45. The molecular formula is C23H27Cl2N3O5+2. The van der Waals surface area contributed by atoms with E-state index in [1.54, 1.807) is 56.7 Å². The van der Waals surface area contributed by atoms with Gasteiger partial charge in [-0.05, 0) is 30.2 Å². The van der Waals surface area contributed by atoms with Crippen molar-refractivity contribution in [3.63, 3.8) is 0 Å². The van der Waals surface area contributed by atoms with Gasteiger partial charge in [-0.15, -0.1) is 0 Å². The molecule has 0 unspecified atom stereocenters. The molecule has 0 aromatic carbocycles. The summed E-state index contributed by atoms with van der Waals surface area (Å²) in [6.07, 6.45) is 11.7. The van der Waals surface area contributed by atoms with Crippen molar-refractivity contribution >= 4 is 35.2 Å². The number of hydrogen-bond acceptors (Lipinski definition) is 6. The molecule has 2 aromatic rings. The highest BCUT2D eigenvalue weighted by atomic mass is 35.5. The highest BCUT2D eigenvalue weighted by Gasteiger charge is 2.15. The topological polar surface area (TPSA) is 73.8 Å². The number of carbonyl (C=O) groups is 1. The van der Waals surface area contributed by atoms with Crippen molar-refractivity contribution in [1.29, 1.82) is 0 Å². The van der Waals surface area contributed by atoms with Gasteiger partial charge in [0, 0.05) is 28.6 Å². The lowest BCUT2D eigenvalue weighted by Gasteiger charge is -2.11. The van der Waals surface area contributed by atoms with Gasteiger partial charge in [-0.1, -0.05) is 29.3 Å². The van der Waals surface area contributed by atoms with Crippen LogP contribution in [0.3, 0.4) is 0 Å². The van der Waals surface area contributed by atoms with Gasteiger partial charge in [0.1, 0.15) is 30.6 Å². The van der Waals surface area contributed by atoms with E-state index < -0.39 is 0 Å². The zero-order valence-corrected chi connectivity index (χ0v) is 20.4. The van der Waals surface area contributed by atoms with Crippen LogP contribution in [0.1, 0.15) is 12.1 Å². The number of allylic oxidation sites excluding steroid dienone is 4. The van der Waals surface area contributed by atoms with Crippen molar-refractivity contribution in [2.45, 2.75) is 13.0 Å². The van der Waals surface area contributed by atoms with Crippen LogP contribution >= 0.6 is 23.2 Å². The second kappa shape index (κ2) is 13.3. The van der Waals surface area contributed by atoms with Gasteiger partial charge in [-0.3, -0.25) is 14.5 Å². The van der Waals surface area contributed by atoms with E-state index in [9.17, 15) is 4.79 Å². The molecule has 1 aliphatic carbocycles. The summed E-state index contributed by atoms with van der Waals surface area (Å²) in [4.78, 5) is 21.0. The molecule has 0 saturated heterocycles. The number of hydrogen-bond donors (Lipinski definition) is 1. The molecule has 2 aromatic heterocycles. The van der Waals surface area contributed by atoms with Crippen LogP contribution in [0, 0.1) is 0 Å². The summed E-state index contributed by atoms with van der Waals surface area (Å²) in [6.45, 7) is 0.331. The van der Waals surface area contributed by atoms with E-state index >= 15 is 0 Å². The van der Waals surface area contributed by atoms with Gasteiger partial charge < -0.3 is 14.8 Å². The van der Waals surface area contributed by atoms with Gasteiger partial charge >= 0.3 is 0 Å². The summed E-state index contributed by atoms with van der Waals surface area (Å²) >= 11 is 11.7. The number of nitrogens with zero attached hydrogens (tertiary/aromatic N) is 2. The predicted octanol–water partition coefficient (Wildman–Crippen LogP) is 2.87. The molecule has 0 amide bonds. The Kier molecular flexibility index (Phi) is 10.5. The Morgan fingerprint density at radius 1 is 1.06 bits per heavy atom. The maximum Gasteiger partial charge on any atom is 0.271 e. The Labute approximate surface area is 203 Å². The fourth-order valence-electron chi connectivity index (χ4n) is 2.78. The Bertz CT molecular complexity index is 1030. The predicted molar refractivity (Wildman–Crippen MR) is 125 cm³/mol. The summed E-state index contributed by atoms with van der Waals surface area (Å²) in [5.74, 6) is 1.20. The third-order valence-electron chi connectivity index (χ3n) is 4.48. The van der Waals surface area contributed by atoms with Gasteiger partial charge in [0.2, 0.25) is 18.6 Å². The Hall–Kier alpha value is -3.23. The number of halogens is 2. The molecule has 1 aliphatic rings. The van der Waals surface area contributed by atoms with Crippen LogP contribution in [0.5, 0.6) is 0 Å². The highest BCUT2D eigenvalue weighted by Crippen LogP contribution is 2.27. The number of rotatable bonds is 8. The molecule has 33 heavy (non-hydrogen) atoms. The minimum absolute atomic E-state index is 0.331. The van der Waals surface area contributed by atoms with Crippen LogP contribution in [-0.4, -0.2) is 34.7 Å². The molecule has 0 spiro atoms. The maximum atomic E-state index is 10.8. The molecule has 3 rings (SSSR count). The number of aromatic nitrogens is 2. The highest BCUT2D eigenvalue weighted by molar-refractivity contribution is 6.38. The van der Waals surface area contributed by atoms with Gasteiger partial charge in [0.15, 0.2) is 18.1 Å². The van der Waals surface area contributed by atoms with Gasteiger partial charge in [0.25, 0.3) is 5.69 Å². The van der Waals surface area contributed by atoms with E-state index in [-0.39, 0.29) is 0 Å². The largest absolute Gasteiger partial charge is 0.493 e. The molecule has 2 heterocycles. The van der Waals surface area contributed by atoms with E-state index in [1.807, 2.05) is 24.3 Å². The van der Waals surface area contributed by atoms with Crippen LogP contribution in [-0.2, 0) is 20.9 Å². The maximum absolute atomic E-state index is 10.8. The molecule has 10 heteroatoms. The van der Waals surface area contributed by atoms with Crippen LogP contribution in [0.4, 0.5) is 5.69 Å². The summed E-state index contributed by atoms with van der Waals surface area (Å²) in [5.41, 5.74) is 2.24. The first-order valence-corrected chi connectivity index (χ1v) is 10.6. The zero-order chi connectivity index (χ0) is 24.2. The monoisotopic (exact) mass is 495 g/mol. The molecule has 1 N–H and O–H groups in total. The molecule has 0 fully saturated rings. The van der Waals surface area contributed by atoms with Crippen LogP contribution in [0.2, 0.25) is 10.0 Å². The number of carbonyl (C=O) groups excluding carboxylic acids is 1. The van der Waals surface area contributed by atoms with Crippen molar-refractivity contribution in [1.82, 2.24) is 0 Å². The van der Waals surface area contributed by atoms with Gasteiger partial charge in [-0.2, -0.15) is 0 Å². The fourth-order valence-corrected chi connectivity index (χ4v) is 3.42. The zero-order valence-electron chi connectivity index (χ0n) is 18.9. The average molecular weight is 496 g/mol. The molecule has 0 saturated carbocycles. The third kappa shape index (κ3) is 7.40. The summed E-state index contributed by atoms with van der Waals surface area (Å²) < 4.78 is 14.2. The summed E-state index contributed by atoms with van der Waals surface area (Å²) in [5, 5.41) is 3.92. The normalized spacial score (nSPS) is 12.6. The summed E-state index contributed by atoms with van der Waals surface area (Å²) in [6, 6.07) is 5.69. The Morgan fingerprint density at radius 3 is 2.36 bits per heavy atom. The number of ether oxygens (including phenoxy) is 2. The standard InChI is InChI=1S/C16H18NO4.C7H8Cl2N2O/c1-19-15-8-6-13(11-18)7-9-16(15)21-12-14-5-3-4-10-17(14)20-2;1-10-7-5(8)3-11(12-2)4-6(7)9/h3-6,8-11H,7,12H2,1-2H3;3-4H,1-2H3/q+1;/p+1. The number of pyridine rings is 2. The first kappa shape index (κ1) is 26.0. The molecule has 8 nitrogen and oxygen atoms in total. The second-order valence-corrected chi connectivity index (χ2v) is 7.29. The fraction of sp³-hybridized carbons (Fsp3) is 0.261. The van der Waals surface area contributed by atoms with Crippen LogP contribution in [0.15, 0.2) is 72.1 Å². The Balaban J connectivity index is 0.000000273. The average Bonchev–Trinajstić information content (AvgIpc) is 3.04. The quantitative estimate of drug-likeness (QED) is 0.448. The molecule has 0 bridgehead atoms. The minimum Gasteiger partial charge on any atom is -0.493 e. The smallest absolute Gasteiger partial charge is 0.271 e. The van der Waals surface area contributed by atoms with Crippen molar-refractivity contribution in [2.24, 2.45) is 0 Å². The molecule has 0 atom stereocenters. The number of methoxy groups -OCH3 is 1.